The van der Waals surface area contributed by atoms with Crippen LogP contribution in [-0.4, -0.2) is 20.9 Å². The lowest BCUT2D eigenvalue weighted by Crippen LogP contribution is -2.28. The molecule has 1 heterocycles. The van der Waals surface area contributed by atoms with Crippen LogP contribution in [0.25, 0.3) is 0 Å². The number of nitrogens with zero attached hydrogens (tertiary/aromatic N) is 3. The van der Waals surface area contributed by atoms with Gasteiger partial charge in [-0.05, 0) is 38.8 Å². The van der Waals surface area contributed by atoms with Crippen LogP contribution < -0.4 is 11.0 Å². The summed E-state index contributed by atoms with van der Waals surface area (Å²) >= 11 is 0. The van der Waals surface area contributed by atoms with Gasteiger partial charge in [0.05, 0.1) is 5.71 Å². The maximum Gasteiger partial charge on any atom is 0.274 e. The molecular weight excluding hydrogens is 302 g/mol. The van der Waals surface area contributed by atoms with Gasteiger partial charge in [0.2, 0.25) is 5.95 Å². The normalized spacial score (nSPS) is 12.4. The van der Waals surface area contributed by atoms with E-state index in [0.717, 1.165) is 11.3 Å². The molecule has 2 aromatic rings. The molecule has 0 unspecified atom stereocenters. The van der Waals surface area contributed by atoms with Gasteiger partial charge in [0.1, 0.15) is 5.69 Å². The molecule has 24 heavy (non-hydrogen) atoms. The highest BCUT2D eigenvalue weighted by atomic mass is 16.1. The van der Waals surface area contributed by atoms with Crippen molar-refractivity contribution in [2.24, 2.45) is 5.10 Å². The second kappa shape index (κ2) is 6.55. The number of nitrogens with one attached hydrogen (secondary N) is 2. The highest BCUT2D eigenvalue weighted by Gasteiger charge is 2.20. The number of hydrazone groups is 1. The molecule has 0 saturated heterocycles. The molecule has 2 N–H and O–H groups in total. The Morgan fingerprint density at radius 3 is 2.21 bits per heavy atom. The number of H-pyrrole nitrogens is 1. The summed E-state index contributed by atoms with van der Waals surface area (Å²) in [6.45, 7) is 13.9. The van der Waals surface area contributed by atoms with Gasteiger partial charge in [0.15, 0.2) is 0 Å². The molecule has 128 valence electrons. The van der Waals surface area contributed by atoms with E-state index < -0.39 is 0 Å². The lowest BCUT2D eigenvalue weighted by Gasteiger charge is -2.15. The van der Waals surface area contributed by atoms with E-state index in [2.05, 4.69) is 58.6 Å². The molecule has 0 spiro atoms. The smallest absolute Gasteiger partial charge is 0.274 e. The number of hydrogen-bond donors (Lipinski definition) is 2. The number of hydrogen-bond acceptors (Lipinski definition) is 5. The first-order valence-electron chi connectivity index (χ1n) is 7.95. The molecule has 2 rings (SSSR count). The molecule has 0 aliphatic heterocycles. The minimum absolute atomic E-state index is 0.231. The molecule has 0 saturated carbocycles. The van der Waals surface area contributed by atoms with Gasteiger partial charge in [-0.2, -0.15) is 5.10 Å². The summed E-state index contributed by atoms with van der Waals surface area (Å²) in [6, 6.07) is 4.25. The molecule has 0 amide bonds. The van der Waals surface area contributed by atoms with Crippen LogP contribution in [0.15, 0.2) is 22.0 Å². The zero-order chi connectivity index (χ0) is 18.1. The van der Waals surface area contributed by atoms with Crippen LogP contribution in [0.5, 0.6) is 0 Å². The number of aryl methyl sites for hydroxylation is 3. The van der Waals surface area contributed by atoms with Crippen molar-refractivity contribution in [3.63, 3.8) is 0 Å². The predicted molar refractivity (Wildman–Crippen MR) is 97.8 cm³/mol. The van der Waals surface area contributed by atoms with Gasteiger partial charge in [0, 0.05) is 11.0 Å². The maximum absolute atomic E-state index is 12.1. The van der Waals surface area contributed by atoms with Crippen LogP contribution in [0.4, 0.5) is 5.95 Å². The van der Waals surface area contributed by atoms with Crippen LogP contribution in [0.3, 0.4) is 0 Å². The molecule has 1 aromatic carbocycles. The van der Waals surface area contributed by atoms with E-state index >= 15 is 0 Å². The van der Waals surface area contributed by atoms with Crippen LogP contribution in [0.2, 0.25) is 0 Å². The van der Waals surface area contributed by atoms with Crippen LogP contribution >= 0.6 is 0 Å². The first-order chi connectivity index (χ1) is 11.1. The molecule has 0 aliphatic carbocycles. The molecule has 0 aliphatic rings. The van der Waals surface area contributed by atoms with Crippen molar-refractivity contribution in [1.82, 2.24) is 15.2 Å². The Morgan fingerprint density at radius 1 is 1.12 bits per heavy atom. The fourth-order valence-corrected chi connectivity index (χ4v) is 2.82. The topological polar surface area (TPSA) is 83.0 Å². The Labute approximate surface area is 142 Å². The Bertz CT molecular complexity index is 820. The summed E-state index contributed by atoms with van der Waals surface area (Å²) < 4.78 is 0. The number of aromatic amines is 1. The predicted octanol–water partition coefficient (Wildman–Crippen LogP) is 3.22. The summed E-state index contributed by atoms with van der Waals surface area (Å²) in [5.41, 5.74) is 8.06. The lowest BCUT2D eigenvalue weighted by molar-refractivity contribution is 0.547. The Balaban J connectivity index is 2.28. The first kappa shape index (κ1) is 17.8. The summed E-state index contributed by atoms with van der Waals surface area (Å²) in [7, 11) is 0. The van der Waals surface area contributed by atoms with Crippen molar-refractivity contribution < 1.29 is 0 Å². The Hall–Kier alpha value is -2.50. The summed E-state index contributed by atoms with van der Waals surface area (Å²) in [5.74, 6) is 0.231. The molecule has 0 bridgehead atoms. The molecule has 0 radical (unpaired) electrons. The van der Waals surface area contributed by atoms with Crippen LogP contribution in [0, 0.1) is 20.8 Å². The van der Waals surface area contributed by atoms with Crippen molar-refractivity contribution in [1.29, 1.82) is 0 Å². The quantitative estimate of drug-likeness (QED) is 0.670. The van der Waals surface area contributed by atoms with Gasteiger partial charge >= 0.3 is 0 Å². The van der Waals surface area contributed by atoms with E-state index in [0.29, 0.717) is 5.69 Å². The fourth-order valence-electron chi connectivity index (χ4n) is 2.82. The van der Waals surface area contributed by atoms with E-state index in [1.165, 1.54) is 16.7 Å². The zero-order valence-corrected chi connectivity index (χ0v) is 15.4. The Morgan fingerprint density at radius 2 is 1.71 bits per heavy atom. The molecule has 6 nitrogen and oxygen atoms in total. The van der Waals surface area contributed by atoms with Gasteiger partial charge < -0.3 is 0 Å². The van der Waals surface area contributed by atoms with E-state index in [-0.39, 0.29) is 16.9 Å². The first-order valence-corrected chi connectivity index (χ1v) is 7.95. The largest absolute Gasteiger partial charge is 0.288 e. The minimum Gasteiger partial charge on any atom is -0.288 e. The Kier molecular flexibility index (Phi) is 4.87. The van der Waals surface area contributed by atoms with Crippen LogP contribution in [0.1, 0.15) is 55.6 Å². The van der Waals surface area contributed by atoms with E-state index in [1.807, 2.05) is 27.7 Å². The third-order valence-electron chi connectivity index (χ3n) is 3.78. The minimum atomic E-state index is -0.353. The van der Waals surface area contributed by atoms with Crippen molar-refractivity contribution >= 4 is 11.7 Å². The van der Waals surface area contributed by atoms with Crippen molar-refractivity contribution in [2.45, 2.75) is 53.9 Å². The second-order valence-corrected chi connectivity index (χ2v) is 7.18. The summed E-state index contributed by atoms with van der Waals surface area (Å²) in [5, 5.41) is 12.4. The van der Waals surface area contributed by atoms with Gasteiger partial charge in [0.25, 0.3) is 5.56 Å². The van der Waals surface area contributed by atoms with Gasteiger partial charge in [-0.1, -0.05) is 38.5 Å². The zero-order valence-electron chi connectivity index (χ0n) is 15.4. The SMILES string of the molecule is CC(=NNc1nnc(C(C)(C)C)c(=O)[nH]1)c1c(C)cc(C)cc1C. The van der Waals surface area contributed by atoms with E-state index in [4.69, 9.17) is 0 Å². The fraction of sp³-hybridized carbons (Fsp3) is 0.444. The molecule has 1 aromatic heterocycles. The number of aromatic nitrogens is 3. The number of benzene rings is 1. The van der Waals surface area contributed by atoms with Crippen molar-refractivity contribution in [3.05, 3.63) is 50.4 Å². The summed E-state index contributed by atoms with van der Waals surface area (Å²) in [4.78, 5) is 14.8. The van der Waals surface area contributed by atoms with Crippen molar-refractivity contribution in [2.75, 3.05) is 5.43 Å². The van der Waals surface area contributed by atoms with E-state index in [1.54, 1.807) is 0 Å². The molecule has 6 heteroatoms. The molecule has 0 fully saturated rings. The highest BCUT2D eigenvalue weighted by molar-refractivity contribution is 6.01. The molecular formula is C18H25N5O. The molecule has 0 atom stereocenters. The summed E-state index contributed by atoms with van der Waals surface area (Å²) in [6.07, 6.45) is 0. The van der Waals surface area contributed by atoms with Gasteiger partial charge in [-0.3, -0.25) is 9.78 Å². The standard InChI is InChI=1S/C18H25N5O/c1-10-8-11(2)14(12(3)9-10)13(4)20-22-17-19-16(24)15(21-23-17)18(5,6)7/h8-9H,1-7H3,(H2,19,22,23,24). The van der Waals surface area contributed by atoms with Gasteiger partial charge in [-0.25, -0.2) is 5.43 Å². The number of anilines is 1. The average Bonchev–Trinajstić information content (AvgIpc) is 2.42. The second-order valence-electron chi connectivity index (χ2n) is 7.18. The van der Waals surface area contributed by atoms with Gasteiger partial charge in [-0.15, -0.1) is 10.2 Å². The average molecular weight is 327 g/mol. The third-order valence-corrected chi connectivity index (χ3v) is 3.78. The maximum atomic E-state index is 12.1. The monoisotopic (exact) mass is 327 g/mol. The number of rotatable bonds is 3. The lowest BCUT2D eigenvalue weighted by atomic mass is 9.93. The van der Waals surface area contributed by atoms with Crippen LogP contribution in [-0.2, 0) is 5.41 Å². The van der Waals surface area contributed by atoms with Crippen molar-refractivity contribution in [3.8, 4) is 0 Å². The third kappa shape index (κ3) is 3.88. The van der Waals surface area contributed by atoms with E-state index in [9.17, 15) is 4.79 Å². The highest BCUT2D eigenvalue weighted by Crippen LogP contribution is 2.18.